The van der Waals surface area contributed by atoms with Crippen molar-refractivity contribution in [1.29, 1.82) is 0 Å². The molecule has 1 fully saturated rings. The van der Waals surface area contributed by atoms with Gasteiger partial charge in [-0.2, -0.15) is 0 Å². The predicted molar refractivity (Wildman–Crippen MR) is 94.2 cm³/mol. The summed E-state index contributed by atoms with van der Waals surface area (Å²) in [5, 5.41) is 3.12. The summed E-state index contributed by atoms with van der Waals surface area (Å²) in [5.74, 6) is 0.110. The molecule has 24 heavy (non-hydrogen) atoms. The third-order valence-corrected chi connectivity index (χ3v) is 5.46. The van der Waals surface area contributed by atoms with Gasteiger partial charge in [-0.1, -0.05) is 6.07 Å². The summed E-state index contributed by atoms with van der Waals surface area (Å²) in [5.41, 5.74) is 4.25. The summed E-state index contributed by atoms with van der Waals surface area (Å²) in [6, 6.07) is 6.17. The van der Waals surface area contributed by atoms with Crippen molar-refractivity contribution in [2.24, 2.45) is 0 Å². The summed E-state index contributed by atoms with van der Waals surface area (Å²) >= 11 is 1.64. The van der Waals surface area contributed by atoms with Crippen LogP contribution in [0.4, 0.5) is 5.69 Å². The molecule has 124 valence electrons. The molecular weight excluding hydrogens is 322 g/mol. The monoisotopic (exact) mass is 341 g/mol. The zero-order valence-corrected chi connectivity index (χ0v) is 14.4. The molecule has 0 radical (unpaired) electrons. The first-order valence-electron chi connectivity index (χ1n) is 8.25. The summed E-state index contributed by atoms with van der Waals surface area (Å²) in [6.07, 6.45) is 2.28. The molecule has 1 saturated heterocycles. The first-order valence-corrected chi connectivity index (χ1v) is 9.13. The Labute approximate surface area is 144 Å². The number of likely N-dealkylation sites (tertiary alicyclic amines) is 1. The number of carbonyl (C=O) groups is 2. The van der Waals surface area contributed by atoms with Crippen LogP contribution in [-0.2, 0) is 16.0 Å². The average molecular weight is 341 g/mol. The molecular formula is C18H19N3O2S. The van der Waals surface area contributed by atoms with Gasteiger partial charge in [0.2, 0.25) is 11.8 Å². The minimum Gasteiger partial charge on any atom is -0.333 e. The number of aryl methyl sites for hydroxylation is 1. The van der Waals surface area contributed by atoms with Gasteiger partial charge < -0.3 is 9.80 Å². The molecule has 2 aromatic rings. The first-order chi connectivity index (χ1) is 11.6. The highest BCUT2D eigenvalue weighted by molar-refractivity contribution is 7.09. The van der Waals surface area contributed by atoms with E-state index in [1.807, 2.05) is 24.0 Å². The van der Waals surface area contributed by atoms with Gasteiger partial charge in [-0.3, -0.25) is 9.59 Å². The third-order valence-electron chi connectivity index (χ3n) is 4.69. The Morgan fingerprint density at radius 2 is 2.17 bits per heavy atom. The quantitative estimate of drug-likeness (QED) is 0.862. The number of nitrogens with zero attached hydrogens (tertiary/aromatic N) is 3. The van der Waals surface area contributed by atoms with Gasteiger partial charge in [-0.25, -0.2) is 4.98 Å². The molecule has 1 aromatic heterocycles. The highest BCUT2D eigenvalue weighted by Gasteiger charge is 2.29. The molecule has 3 heterocycles. The number of hydrogen-bond acceptors (Lipinski definition) is 4. The molecule has 6 heteroatoms. The van der Waals surface area contributed by atoms with Gasteiger partial charge in [-0.05, 0) is 37.5 Å². The van der Waals surface area contributed by atoms with Crippen LogP contribution in [0.5, 0.6) is 0 Å². The van der Waals surface area contributed by atoms with E-state index in [9.17, 15) is 9.59 Å². The fraction of sp³-hybridized carbons (Fsp3) is 0.389. The fourth-order valence-corrected chi connectivity index (χ4v) is 4.06. The van der Waals surface area contributed by atoms with E-state index in [0.717, 1.165) is 34.8 Å². The van der Waals surface area contributed by atoms with Crippen LogP contribution in [0.25, 0.3) is 11.3 Å². The molecule has 2 aliphatic rings. The second kappa shape index (κ2) is 6.02. The van der Waals surface area contributed by atoms with Crippen LogP contribution in [0.2, 0.25) is 0 Å². The topological polar surface area (TPSA) is 53.5 Å². The van der Waals surface area contributed by atoms with Crippen LogP contribution in [0.1, 0.15) is 23.4 Å². The highest BCUT2D eigenvalue weighted by Crippen LogP contribution is 2.33. The molecule has 2 amide bonds. The maximum atomic E-state index is 12.6. The van der Waals surface area contributed by atoms with Crippen LogP contribution < -0.4 is 4.90 Å². The Morgan fingerprint density at radius 1 is 1.29 bits per heavy atom. The predicted octanol–water partition coefficient (Wildman–Crippen LogP) is 2.63. The standard InChI is InChI=1S/C18H19N3O2S/c1-12-19-15(11-24-12)13-4-5-16-14(9-13)6-8-21(16)18(23)10-20-7-2-3-17(20)22/h4-5,9,11H,2-3,6-8,10H2,1H3. The summed E-state index contributed by atoms with van der Waals surface area (Å²) in [7, 11) is 0. The molecule has 0 saturated carbocycles. The lowest BCUT2D eigenvalue weighted by molar-refractivity contribution is -0.132. The average Bonchev–Trinajstić information content (AvgIpc) is 3.27. The summed E-state index contributed by atoms with van der Waals surface area (Å²) < 4.78 is 0. The first kappa shape index (κ1) is 15.3. The molecule has 0 bridgehead atoms. The summed E-state index contributed by atoms with van der Waals surface area (Å²) in [6.45, 7) is 3.59. The van der Waals surface area contributed by atoms with Gasteiger partial charge in [0, 0.05) is 36.1 Å². The number of benzene rings is 1. The smallest absolute Gasteiger partial charge is 0.246 e. The number of carbonyl (C=O) groups excluding carboxylic acids is 2. The van der Waals surface area contributed by atoms with E-state index in [2.05, 4.69) is 16.4 Å². The van der Waals surface area contributed by atoms with Crippen LogP contribution in [0.3, 0.4) is 0 Å². The van der Waals surface area contributed by atoms with Crippen molar-refractivity contribution in [2.45, 2.75) is 26.2 Å². The van der Waals surface area contributed by atoms with E-state index in [4.69, 9.17) is 0 Å². The van der Waals surface area contributed by atoms with E-state index < -0.39 is 0 Å². The van der Waals surface area contributed by atoms with Crippen molar-refractivity contribution in [3.8, 4) is 11.3 Å². The van der Waals surface area contributed by atoms with Crippen LogP contribution >= 0.6 is 11.3 Å². The van der Waals surface area contributed by atoms with Crippen molar-refractivity contribution in [1.82, 2.24) is 9.88 Å². The zero-order chi connectivity index (χ0) is 16.7. The van der Waals surface area contributed by atoms with E-state index in [0.29, 0.717) is 19.5 Å². The summed E-state index contributed by atoms with van der Waals surface area (Å²) in [4.78, 5) is 32.3. The third kappa shape index (κ3) is 2.71. The number of thiazole rings is 1. The Bertz CT molecular complexity index is 814. The Balaban J connectivity index is 1.53. The minimum absolute atomic E-state index is 0.0150. The Morgan fingerprint density at radius 3 is 2.88 bits per heavy atom. The zero-order valence-electron chi connectivity index (χ0n) is 13.6. The lowest BCUT2D eigenvalue weighted by Gasteiger charge is -2.21. The molecule has 2 aliphatic heterocycles. The molecule has 0 spiro atoms. The maximum absolute atomic E-state index is 12.6. The van der Waals surface area contributed by atoms with Crippen LogP contribution in [0.15, 0.2) is 23.6 Å². The normalized spacial score (nSPS) is 16.8. The van der Waals surface area contributed by atoms with Crippen molar-refractivity contribution in [3.05, 3.63) is 34.2 Å². The van der Waals surface area contributed by atoms with Crippen molar-refractivity contribution >= 4 is 28.8 Å². The minimum atomic E-state index is 0.0150. The van der Waals surface area contributed by atoms with Gasteiger partial charge in [0.1, 0.15) is 6.54 Å². The largest absolute Gasteiger partial charge is 0.333 e. The van der Waals surface area contributed by atoms with Gasteiger partial charge in [-0.15, -0.1) is 11.3 Å². The van der Waals surface area contributed by atoms with Crippen molar-refractivity contribution in [2.75, 3.05) is 24.5 Å². The number of rotatable bonds is 3. The molecule has 1 aromatic carbocycles. The maximum Gasteiger partial charge on any atom is 0.246 e. The van der Waals surface area contributed by atoms with Crippen LogP contribution in [-0.4, -0.2) is 41.3 Å². The molecule has 0 N–H and O–H groups in total. The number of aromatic nitrogens is 1. The molecule has 5 nitrogen and oxygen atoms in total. The lowest BCUT2D eigenvalue weighted by atomic mass is 10.1. The number of fused-ring (bicyclic) bond motifs is 1. The van der Waals surface area contributed by atoms with Gasteiger partial charge >= 0.3 is 0 Å². The fourth-order valence-electron chi connectivity index (χ4n) is 3.44. The van der Waals surface area contributed by atoms with Gasteiger partial charge in [0.05, 0.1) is 10.7 Å². The van der Waals surface area contributed by atoms with Gasteiger partial charge in [0.15, 0.2) is 0 Å². The SMILES string of the molecule is Cc1nc(-c2ccc3c(c2)CCN3C(=O)CN2CCCC2=O)cs1. The highest BCUT2D eigenvalue weighted by atomic mass is 32.1. The van der Waals surface area contributed by atoms with E-state index in [1.165, 1.54) is 5.56 Å². The van der Waals surface area contributed by atoms with Crippen LogP contribution in [0, 0.1) is 6.92 Å². The lowest BCUT2D eigenvalue weighted by Crippen LogP contribution is -2.40. The number of hydrogen-bond donors (Lipinski definition) is 0. The van der Waals surface area contributed by atoms with Crippen molar-refractivity contribution < 1.29 is 9.59 Å². The number of amides is 2. The van der Waals surface area contributed by atoms with E-state index in [1.54, 1.807) is 16.2 Å². The number of anilines is 1. The second-order valence-corrected chi connectivity index (χ2v) is 7.37. The van der Waals surface area contributed by atoms with E-state index in [-0.39, 0.29) is 18.4 Å². The molecule has 0 atom stereocenters. The molecule has 4 rings (SSSR count). The molecule has 0 unspecified atom stereocenters. The Kier molecular flexibility index (Phi) is 3.84. The second-order valence-electron chi connectivity index (χ2n) is 6.31. The van der Waals surface area contributed by atoms with Gasteiger partial charge in [0.25, 0.3) is 0 Å². The molecule has 0 aliphatic carbocycles. The Hall–Kier alpha value is -2.21. The van der Waals surface area contributed by atoms with Crippen molar-refractivity contribution in [3.63, 3.8) is 0 Å². The van der Waals surface area contributed by atoms with E-state index >= 15 is 0 Å².